The predicted octanol–water partition coefficient (Wildman–Crippen LogP) is 1.52. The third kappa shape index (κ3) is 5.03. The lowest BCUT2D eigenvalue weighted by Crippen LogP contribution is -2.31. The Bertz CT molecular complexity index is 1120. The summed E-state index contributed by atoms with van der Waals surface area (Å²) in [5.41, 5.74) is 0.831. The van der Waals surface area contributed by atoms with E-state index in [1.54, 1.807) is 29.3 Å². The van der Waals surface area contributed by atoms with Crippen molar-refractivity contribution in [2.45, 2.75) is 6.42 Å². The zero-order valence-electron chi connectivity index (χ0n) is 14.7. The first-order chi connectivity index (χ1) is 13.8. The van der Waals surface area contributed by atoms with Gasteiger partial charge < -0.3 is 4.18 Å². The normalized spacial score (nSPS) is 11.1. The quantitative estimate of drug-likeness (QED) is 0.614. The third-order valence-electron chi connectivity index (χ3n) is 3.88. The molecule has 3 aromatic rings. The molecule has 0 spiro atoms. The number of aromatic nitrogens is 3. The van der Waals surface area contributed by atoms with E-state index in [2.05, 4.69) is 14.4 Å². The number of hydrogen-bond acceptors (Lipinski definition) is 7. The molecule has 1 aromatic heterocycles. The van der Waals surface area contributed by atoms with E-state index in [9.17, 15) is 17.2 Å². The Morgan fingerprint density at radius 2 is 1.72 bits per heavy atom. The van der Waals surface area contributed by atoms with Gasteiger partial charge in [-0.2, -0.15) is 18.8 Å². The van der Waals surface area contributed by atoms with E-state index in [0.29, 0.717) is 11.3 Å². The molecule has 0 bridgehead atoms. The highest BCUT2D eigenvalue weighted by atomic mass is 32.2. The molecule has 0 aliphatic rings. The second-order valence-corrected chi connectivity index (χ2v) is 6.97. The van der Waals surface area contributed by atoms with Crippen LogP contribution in [-0.2, 0) is 16.7 Å². The van der Waals surface area contributed by atoms with Gasteiger partial charge in [-0.3, -0.25) is 5.01 Å². The van der Waals surface area contributed by atoms with Crippen LogP contribution in [-0.4, -0.2) is 29.8 Å². The van der Waals surface area contributed by atoms with Gasteiger partial charge in [-0.15, -0.1) is 10.2 Å². The number of rotatable bonds is 7. The monoisotopic (exact) mass is 420 g/mol. The van der Waals surface area contributed by atoms with Crippen molar-refractivity contribution >= 4 is 16.0 Å². The summed E-state index contributed by atoms with van der Waals surface area (Å²) in [5.74, 6) is -2.52. The second kappa shape index (κ2) is 8.21. The average molecular weight is 420 g/mol. The molecule has 0 unspecified atom stereocenters. The highest BCUT2D eigenvalue weighted by molar-refractivity contribution is 7.84. The van der Waals surface area contributed by atoms with Gasteiger partial charge in [0, 0.05) is 24.2 Å². The van der Waals surface area contributed by atoms with Crippen molar-refractivity contribution in [3.63, 3.8) is 0 Å². The molecule has 2 N–H and O–H groups in total. The van der Waals surface area contributed by atoms with Gasteiger partial charge in [0.2, 0.25) is 0 Å². The largest absolute Gasteiger partial charge is 0.380 e. The fourth-order valence-corrected chi connectivity index (χ4v) is 2.99. The van der Waals surface area contributed by atoms with E-state index in [-0.39, 0.29) is 18.5 Å². The number of benzene rings is 2. The SMILES string of the molecule is N#Cc1ccc(N(CCc2c(F)cc(OS(N)(=O)=O)cc2F)n2cnnc2)cc1. The highest BCUT2D eigenvalue weighted by Gasteiger charge is 2.17. The first-order valence-electron chi connectivity index (χ1n) is 8.09. The first-order valence-corrected chi connectivity index (χ1v) is 9.57. The lowest BCUT2D eigenvalue weighted by atomic mass is 10.1. The van der Waals surface area contributed by atoms with Crippen LogP contribution in [0.4, 0.5) is 14.5 Å². The standard InChI is InChI=1S/C17H14F2N6O3S/c18-16-7-14(28-29(21,26)27)8-17(19)15(16)5-6-25(24-10-22-23-11-24)13-3-1-12(9-20)2-4-13/h1-4,7-8,10-11H,5-6H2,(H2,21,26,27). The van der Waals surface area contributed by atoms with Crippen LogP contribution in [0.25, 0.3) is 0 Å². The lowest BCUT2D eigenvalue weighted by Gasteiger charge is -2.25. The second-order valence-electron chi connectivity index (χ2n) is 5.82. The molecular formula is C17H14F2N6O3S. The molecule has 0 saturated carbocycles. The van der Waals surface area contributed by atoms with Gasteiger partial charge >= 0.3 is 10.3 Å². The Labute approximate surface area is 164 Å². The molecule has 150 valence electrons. The van der Waals surface area contributed by atoms with Crippen LogP contribution >= 0.6 is 0 Å². The maximum absolute atomic E-state index is 14.3. The molecule has 0 fully saturated rings. The Morgan fingerprint density at radius 1 is 1.14 bits per heavy atom. The highest BCUT2D eigenvalue weighted by Crippen LogP contribution is 2.23. The fraction of sp³-hybridized carbons (Fsp3) is 0.118. The van der Waals surface area contributed by atoms with Gasteiger partial charge in [-0.05, 0) is 30.7 Å². The fourth-order valence-electron chi connectivity index (χ4n) is 2.62. The smallest absolute Gasteiger partial charge is 0.371 e. The lowest BCUT2D eigenvalue weighted by molar-refractivity contribution is 0.477. The van der Waals surface area contributed by atoms with Crippen molar-refractivity contribution in [3.8, 4) is 11.8 Å². The van der Waals surface area contributed by atoms with E-state index in [4.69, 9.17) is 10.4 Å². The van der Waals surface area contributed by atoms with E-state index in [0.717, 1.165) is 12.1 Å². The summed E-state index contributed by atoms with van der Waals surface area (Å²) in [6.07, 6.45) is 2.74. The number of nitrogens with zero attached hydrogens (tertiary/aromatic N) is 5. The van der Waals surface area contributed by atoms with Crippen molar-refractivity contribution in [3.05, 3.63) is 71.8 Å². The van der Waals surface area contributed by atoms with Crippen molar-refractivity contribution in [2.75, 3.05) is 11.6 Å². The van der Waals surface area contributed by atoms with Crippen molar-refractivity contribution < 1.29 is 21.4 Å². The van der Waals surface area contributed by atoms with E-state index >= 15 is 0 Å². The maximum atomic E-state index is 14.3. The summed E-state index contributed by atoms with van der Waals surface area (Å²) in [5, 5.41) is 22.7. The van der Waals surface area contributed by atoms with Gasteiger partial charge in [0.15, 0.2) is 0 Å². The van der Waals surface area contributed by atoms with E-state index in [1.807, 2.05) is 6.07 Å². The van der Waals surface area contributed by atoms with Crippen LogP contribution in [0.15, 0.2) is 49.1 Å². The van der Waals surface area contributed by atoms with Crippen LogP contribution in [0, 0.1) is 23.0 Å². The van der Waals surface area contributed by atoms with Crippen LogP contribution in [0.1, 0.15) is 11.1 Å². The maximum Gasteiger partial charge on any atom is 0.380 e. The molecule has 0 aliphatic heterocycles. The number of nitriles is 1. The van der Waals surface area contributed by atoms with E-state index in [1.165, 1.54) is 17.3 Å². The summed E-state index contributed by atoms with van der Waals surface area (Å²) >= 11 is 0. The molecule has 1 heterocycles. The minimum atomic E-state index is -4.40. The van der Waals surface area contributed by atoms with Crippen LogP contribution in [0.5, 0.6) is 5.75 Å². The van der Waals surface area contributed by atoms with Gasteiger partial charge in [0.25, 0.3) is 0 Å². The molecule has 0 saturated heterocycles. The number of nitrogens with two attached hydrogens (primary N) is 1. The molecule has 3 rings (SSSR count). The minimum Gasteiger partial charge on any atom is -0.371 e. The summed E-state index contributed by atoms with van der Waals surface area (Å²) < 4.78 is 56.4. The molecule has 0 atom stereocenters. The molecule has 0 amide bonds. The number of anilines is 1. The Kier molecular flexibility index (Phi) is 5.71. The van der Waals surface area contributed by atoms with Crippen LogP contribution < -0.4 is 14.3 Å². The molecule has 12 heteroatoms. The van der Waals surface area contributed by atoms with Gasteiger partial charge in [-0.1, -0.05) is 0 Å². The Morgan fingerprint density at radius 3 is 2.24 bits per heavy atom. The molecular weight excluding hydrogens is 406 g/mol. The topological polar surface area (TPSA) is 127 Å². The third-order valence-corrected chi connectivity index (χ3v) is 4.31. The number of halogens is 2. The van der Waals surface area contributed by atoms with Crippen molar-refractivity contribution in [1.82, 2.24) is 14.9 Å². The first kappa shape index (κ1) is 20.2. The minimum absolute atomic E-state index is 0.0779. The molecule has 29 heavy (non-hydrogen) atoms. The van der Waals surface area contributed by atoms with Crippen molar-refractivity contribution in [2.24, 2.45) is 5.14 Å². The zero-order chi connectivity index (χ0) is 21.0. The molecule has 2 aromatic carbocycles. The average Bonchev–Trinajstić information content (AvgIpc) is 3.17. The summed E-state index contributed by atoms with van der Waals surface area (Å²) in [6.45, 7) is 0.118. The van der Waals surface area contributed by atoms with Gasteiger partial charge in [0.05, 0.1) is 17.3 Å². The Balaban J connectivity index is 1.85. The molecule has 0 radical (unpaired) electrons. The summed E-state index contributed by atoms with van der Waals surface area (Å²) in [6, 6.07) is 10.1. The summed E-state index contributed by atoms with van der Waals surface area (Å²) in [4.78, 5) is 0. The van der Waals surface area contributed by atoms with Crippen LogP contribution in [0.3, 0.4) is 0 Å². The summed E-state index contributed by atoms with van der Waals surface area (Å²) in [7, 11) is -4.40. The molecule has 0 aliphatic carbocycles. The van der Waals surface area contributed by atoms with Gasteiger partial charge in [-0.25, -0.2) is 13.5 Å². The predicted molar refractivity (Wildman–Crippen MR) is 97.7 cm³/mol. The van der Waals surface area contributed by atoms with Gasteiger partial charge in [0.1, 0.15) is 30.0 Å². The van der Waals surface area contributed by atoms with E-state index < -0.39 is 27.7 Å². The molecule has 9 nitrogen and oxygen atoms in total. The zero-order valence-corrected chi connectivity index (χ0v) is 15.6. The number of hydrogen-bond donors (Lipinski definition) is 1. The Hall–Kier alpha value is -3.56. The van der Waals surface area contributed by atoms with Crippen LogP contribution in [0.2, 0.25) is 0 Å². The van der Waals surface area contributed by atoms with Crippen molar-refractivity contribution in [1.29, 1.82) is 5.26 Å².